The van der Waals surface area contributed by atoms with Crippen LogP contribution in [-0.4, -0.2) is 23.4 Å². The molecule has 0 aromatic rings. The lowest BCUT2D eigenvalue weighted by Gasteiger charge is -2.04. The van der Waals surface area contributed by atoms with E-state index < -0.39 is 0 Å². The summed E-state index contributed by atoms with van der Waals surface area (Å²) in [6, 6.07) is 0. The van der Waals surface area contributed by atoms with Crippen molar-refractivity contribution in [2.24, 2.45) is 0 Å². The van der Waals surface area contributed by atoms with E-state index in [1.54, 1.807) is 0 Å². The number of rotatable bonds is 7. The molecule has 2 unspecified atom stereocenters. The molecule has 1 heterocycles. The first kappa shape index (κ1) is 14.5. The van der Waals surface area contributed by atoms with Crippen LogP contribution in [0.1, 0.15) is 53.4 Å². The van der Waals surface area contributed by atoms with Crippen molar-refractivity contribution in [1.29, 1.82) is 0 Å². The molecule has 1 fully saturated rings. The van der Waals surface area contributed by atoms with Gasteiger partial charge in [-0.1, -0.05) is 23.3 Å². The Hall–Kier alpha value is -0.600. The minimum Gasteiger partial charge on any atom is -0.394 e. The first-order valence-corrected chi connectivity index (χ1v) is 6.55. The molecule has 2 nitrogen and oxygen atoms in total. The van der Waals surface area contributed by atoms with E-state index in [0.29, 0.717) is 0 Å². The van der Waals surface area contributed by atoms with Crippen LogP contribution in [0.5, 0.6) is 0 Å². The second-order valence-electron chi connectivity index (χ2n) is 5.51. The lowest BCUT2D eigenvalue weighted by molar-refractivity contribution is 0.235. The van der Waals surface area contributed by atoms with Gasteiger partial charge in [-0.2, -0.15) is 0 Å². The molecule has 0 radical (unpaired) electrons. The summed E-state index contributed by atoms with van der Waals surface area (Å²) in [4.78, 5) is 0. The highest BCUT2D eigenvalue weighted by Crippen LogP contribution is 2.39. The van der Waals surface area contributed by atoms with Gasteiger partial charge in [0.15, 0.2) is 0 Å². The van der Waals surface area contributed by atoms with Crippen LogP contribution in [-0.2, 0) is 4.74 Å². The molecular weight excluding hydrogens is 212 g/mol. The molecule has 98 valence electrons. The van der Waals surface area contributed by atoms with Gasteiger partial charge in [-0.15, -0.1) is 0 Å². The van der Waals surface area contributed by atoms with Crippen LogP contribution in [0.3, 0.4) is 0 Å². The van der Waals surface area contributed by atoms with Gasteiger partial charge in [0.05, 0.1) is 12.2 Å². The van der Waals surface area contributed by atoms with Crippen LogP contribution in [0, 0.1) is 0 Å². The summed E-state index contributed by atoms with van der Waals surface area (Å²) in [7, 11) is 0. The number of hydrogen-bond acceptors (Lipinski definition) is 2. The molecule has 0 saturated carbocycles. The summed E-state index contributed by atoms with van der Waals surface area (Å²) in [5.74, 6) is 0. The van der Waals surface area contributed by atoms with Crippen LogP contribution < -0.4 is 0 Å². The van der Waals surface area contributed by atoms with E-state index in [2.05, 4.69) is 39.8 Å². The van der Waals surface area contributed by atoms with Gasteiger partial charge in [-0.25, -0.2) is 0 Å². The predicted octanol–water partition coefficient (Wildman–Crippen LogP) is 3.61. The molecule has 1 aliphatic heterocycles. The fraction of sp³-hybridized carbons (Fsp3) is 0.733. The van der Waals surface area contributed by atoms with Gasteiger partial charge < -0.3 is 9.84 Å². The van der Waals surface area contributed by atoms with Crippen LogP contribution in [0.2, 0.25) is 0 Å². The molecule has 2 heteroatoms. The third-order valence-corrected chi connectivity index (χ3v) is 3.43. The van der Waals surface area contributed by atoms with E-state index in [9.17, 15) is 0 Å². The molecule has 0 bridgehead atoms. The van der Waals surface area contributed by atoms with Crippen molar-refractivity contribution >= 4 is 0 Å². The SMILES string of the molecule is CC(C)=CCCC(C)=CCCC1(C)OC1CO. The molecule has 0 aromatic carbocycles. The maximum Gasteiger partial charge on any atom is 0.110 e. The van der Waals surface area contributed by atoms with Crippen molar-refractivity contribution < 1.29 is 9.84 Å². The van der Waals surface area contributed by atoms with E-state index in [1.807, 2.05) is 0 Å². The van der Waals surface area contributed by atoms with E-state index in [4.69, 9.17) is 9.84 Å². The summed E-state index contributed by atoms with van der Waals surface area (Å²) in [5.41, 5.74) is 2.78. The van der Waals surface area contributed by atoms with Crippen molar-refractivity contribution in [3.63, 3.8) is 0 Å². The average Bonchev–Trinajstić information content (AvgIpc) is 2.89. The van der Waals surface area contributed by atoms with Crippen molar-refractivity contribution in [1.82, 2.24) is 0 Å². The van der Waals surface area contributed by atoms with Crippen LogP contribution in [0.25, 0.3) is 0 Å². The molecule has 17 heavy (non-hydrogen) atoms. The Morgan fingerprint density at radius 2 is 1.94 bits per heavy atom. The Morgan fingerprint density at radius 1 is 1.24 bits per heavy atom. The largest absolute Gasteiger partial charge is 0.394 e. The van der Waals surface area contributed by atoms with Crippen molar-refractivity contribution in [2.75, 3.05) is 6.61 Å². The van der Waals surface area contributed by atoms with Crippen molar-refractivity contribution in [3.8, 4) is 0 Å². The van der Waals surface area contributed by atoms with Gasteiger partial charge in [0.2, 0.25) is 0 Å². The fourth-order valence-corrected chi connectivity index (χ4v) is 2.04. The first-order chi connectivity index (χ1) is 7.98. The molecule has 1 N–H and O–H groups in total. The molecule has 0 aliphatic carbocycles. The quantitative estimate of drug-likeness (QED) is 0.543. The maximum atomic E-state index is 8.97. The summed E-state index contributed by atoms with van der Waals surface area (Å²) < 4.78 is 5.46. The monoisotopic (exact) mass is 238 g/mol. The number of aliphatic hydroxyl groups is 1. The van der Waals surface area contributed by atoms with Crippen molar-refractivity contribution in [2.45, 2.75) is 65.1 Å². The maximum absolute atomic E-state index is 8.97. The molecule has 0 amide bonds. The zero-order valence-electron chi connectivity index (χ0n) is 11.6. The number of hydrogen-bond donors (Lipinski definition) is 1. The lowest BCUT2D eigenvalue weighted by Crippen LogP contribution is -2.11. The molecule has 1 aliphatic rings. The van der Waals surface area contributed by atoms with E-state index in [-0.39, 0.29) is 18.3 Å². The van der Waals surface area contributed by atoms with Gasteiger partial charge >= 0.3 is 0 Å². The number of allylic oxidation sites excluding steroid dienone is 4. The zero-order chi connectivity index (χ0) is 12.9. The molecular formula is C15H26O2. The topological polar surface area (TPSA) is 32.8 Å². The van der Waals surface area contributed by atoms with Gasteiger partial charge in [0, 0.05) is 0 Å². The van der Waals surface area contributed by atoms with Crippen molar-refractivity contribution in [3.05, 3.63) is 23.3 Å². The smallest absolute Gasteiger partial charge is 0.110 e. The van der Waals surface area contributed by atoms with E-state index in [1.165, 1.54) is 11.1 Å². The zero-order valence-corrected chi connectivity index (χ0v) is 11.6. The molecule has 0 aromatic heterocycles. The Labute approximate surface area is 105 Å². The minimum atomic E-state index is -0.0640. The van der Waals surface area contributed by atoms with Crippen LogP contribution in [0.15, 0.2) is 23.3 Å². The lowest BCUT2D eigenvalue weighted by atomic mass is 10.00. The number of ether oxygens (including phenoxy) is 1. The van der Waals surface area contributed by atoms with Gasteiger partial charge in [0.25, 0.3) is 0 Å². The Balaban J connectivity index is 2.18. The highest BCUT2D eigenvalue weighted by molar-refractivity contribution is 5.05. The van der Waals surface area contributed by atoms with Gasteiger partial charge in [0.1, 0.15) is 6.10 Å². The molecule has 1 saturated heterocycles. The fourth-order valence-electron chi connectivity index (χ4n) is 2.04. The highest BCUT2D eigenvalue weighted by Gasteiger charge is 2.50. The number of epoxide rings is 1. The minimum absolute atomic E-state index is 0.0640. The highest BCUT2D eigenvalue weighted by atomic mass is 16.6. The van der Waals surface area contributed by atoms with Gasteiger partial charge in [-0.3, -0.25) is 0 Å². The molecule has 0 spiro atoms. The second-order valence-corrected chi connectivity index (χ2v) is 5.51. The predicted molar refractivity (Wildman–Crippen MR) is 72.0 cm³/mol. The standard InChI is InChI=1S/C15H26O2/c1-12(2)7-5-8-13(3)9-6-10-15(4)14(11-16)17-15/h7,9,14,16H,5-6,8,10-11H2,1-4H3. The van der Waals surface area contributed by atoms with Crippen LogP contribution >= 0.6 is 0 Å². The van der Waals surface area contributed by atoms with E-state index >= 15 is 0 Å². The Kier molecular flexibility index (Phi) is 5.41. The Morgan fingerprint density at radius 3 is 2.47 bits per heavy atom. The third kappa shape index (κ3) is 5.05. The van der Waals surface area contributed by atoms with Crippen LogP contribution in [0.4, 0.5) is 0 Å². The summed E-state index contributed by atoms with van der Waals surface area (Å²) in [5, 5.41) is 8.97. The first-order valence-electron chi connectivity index (χ1n) is 6.55. The molecule has 2 atom stereocenters. The van der Waals surface area contributed by atoms with E-state index in [0.717, 1.165) is 25.7 Å². The summed E-state index contributed by atoms with van der Waals surface area (Å²) in [6.07, 6.45) is 9.00. The second kappa shape index (κ2) is 6.36. The normalized spacial score (nSPS) is 28.1. The number of aliphatic hydroxyl groups excluding tert-OH is 1. The van der Waals surface area contributed by atoms with Gasteiger partial charge in [-0.05, 0) is 53.4 Å². The Bertz CT molecular complexity index is 300. The third-order valence-electron chi connectivity index (χ3n) is 3.43. The summed E-state index contributed by atoms with van der Waals surface area (Å²) >= 11 is 0. The molecule has 1 rings (SSSR count). The summed E-state index contributed by atoms with van der Waals surface area (Å²) in [6.45, 7) is 8.71. The average molecular weight is 238 g/mol.